The predicted octanol–water partition coefficient (Wildman–Crippen LogP) is 5.06. The normalized spacial score (nSPS) is 15.4. The molecular formula is C26H31FN2O3. The van der Waals surface area contributed by atoms with Gasteiger partial charge in [0.2, 0.25) is 0 Å². The molecule has 1 fully saturated rings. The van der Waals surface area contributed by atoms with Gasteiger partial charge >= 0.3 is 5.76 Å². The number of fused-ring (bicyclic) bond motifs is 1. The maximum Gasteiger partial charge on any atom is 0.419 e. The van der Waals surface area contributed by atoms with Crippen molar-refractivity contribution in [1.82, 2.24) is 9.47 Å². The van der Waals surface area contributed by atoms with Gasteiger partial charge in [0.25, 0.3) is 0 Å². The number of carbonyl (C=O) groups is 1. The maximum atomic E-state index is 13.0. The molecule has 1 aromatic heterocycles. The second-order valence-electron chi connectivity index (χ2n) is 8.92. The Hall–Kier alpha value is -2.73. The second-order valence-corrected chi connectivity index (χ2v) is 8.92. The monoisotopic (exact) mass is 438 g/mol. The quantitative estimate of drug-likeness (QED) is 0.346. The Labute approximate surface area is 187 Å². The Morgan fingerprint density at radius 2 is 1.78 bits per heavy atom. The summed E-state index contributed by atoms with van der Waals surface area (Å²) in [5, 5.41) is 0. The van der Waals surface area contributed by atoms with E-state index in [9.17, 15) is 14.0 Å². The highest BCUT2D eigenvalue weighted by Crippen LogP contribution is 2.23. The Bertz CT molecular complexity index is 1110. The number of benzene rings is 2. The highest BCUT2D eigenvalue weighted by atomic mass is 19.1. The lowest BCUT2D eigenvalue weighted by atomic mass is 9.90. The highest BCUT2D eigenvalue weighted by Gasteiger charge is 2.19. The Morgan fingerprint density at radius 1 is 1.06 bits per heavy atom. The van der Waals surface area contributed by atoms with Crippen LogP contribution in [0.1, 0.15) is 54.9 Å². The molecule has 2 aromatic carbocycles. The van der Waals surface area contributed by atoms with E-state index in [0.717, 1.165) is 50.3 Å². The molecule has 0 atom stereocenters. The topological polar surface area (TPSA) is 55.5 Å². The largest absolute Gasteiger partial charge is 0.419 e. The summed E-state index contributed by atoms with van der Waals surface area (Å²) in [6.45, 7) is 5.42. The minimum atomic E-state index is -0.359. The zero-order valence-corrected chi connectivity index (χ0v) is 18.7. The number of aryl methyl sites for hydroxylation is 2. The summed E-state index contributed by atoms with van der Waals surface area (Å²) < 4.78 is 20.0. The van der Waals surface area contributed by atoms with E-state index < -0.39 is 0 Å². The molecule has 1 aliphatic heterocycles. The fourth-order valence-corrected chi connectivity index (χ4v) is 4.62. The molecule has 0 radical (unpaired) electrons. The SMILES string of the molecule is CC(=O)c1ccc2c(c1)oc(=O)n2CCCCN1CCC(CCc2ccc(F)cc2)CC1. The second kappa shape index (κ2) is 10.3. The molecule has 0 N–H and O–H groups in total. The van der Waals surface area contributed by atoms with E-state index in [1.165, 1.54) is 31.7 Å². The van der Waals surface area contributed by atoms with Crippen LogP contribution in [0.5, 0.6) is 0 Å². The minimum Gasteiger partial charge on any atom is -0.408 e. The van der Waals surface area contributed by atoms with E-state index >= 15 is 0 Å². The molecule has 1 saturated heterocycles. The lowest BCUT2D eigenvalue weighted by Crippen LogP contribution is -2.34. The van der Waals surface area contributed by atoms with Crippen molar-refractivity contribution >= 4 is 16.9 Å². The number of ketones is 1. The van der Waals surface area contributed by atoms with E-state index in [4.69, 9.17) is 4.42 Å². The van der Waals surface area contributed by atoms with Crippen molar-refractivity contribution in [2.45, 2.75) is 52.0 Å². The molecule has 4 rings (SSSR count). The fourth-order valence-electron chi connectivity index (χ4n) is 4.62. The highest BCUT2D eigenvalue weighted by molar-refractivity contribution is 5.96. The van der Waals surface area contributed by atoms with E-state index in [0.29, 0.717) is 17.7 Å². The first-order valence-corrected chi connectivity index (χ1v) is 11.6. The van der Waals surface area contributed by atoms with Crippen molar-refractivity contribution < 1.29 is 13.6 Å². The van der Waals surface area contributed by atoms with Gasteiger partial charge in [0.05, 0.1) is 5.52 Å². The first kappa shape index (κ1) is 22.5. The first-order chi connectivity index (χ1) is 15.5. The third kappa shape index (κ3) is 5.54. The molecule has 2 heterocycles. The van der Waals surface area contributed by atoms with Crippen LogP contribution in [0.4, 0.5) is 4.39 Å². The van der Waals surface area contributed by atoms with Gasteiger partial charge in [-0.05, 0) is 107 Å². The average Bonchev–Trinajstić information content (AvgIpc) is 3.11. The number of piperidine rings is 1. The number of hydrogen-bond acceptors (Lipinski definition) is 4. The number of nitrogens with zero attached hydrogens (tertiary/aromatic N) is 2. The van der Waals surface area contributed by atoms with Gasteiger partial charge in [-0.25, -0.2) is 9.18 Å². The molecule has 5 nitrogen and oxygen atoms in total. The number of likely N-dealkylation sites (tertiary alicyclic amines) is 1. The van der Waals surface area contributed by atoms with Crippen LogP contribution in [0.15, 0.2) is 51.7 Å². The molecule has 1 aliphatic rings. The predicted molar refractivity (Wildman–Crippen MR) is 124 cm³/mol. The molecular weight excluding hydrogens is 407 g/mol. The number of carbonyl (C=O) groups excluding carboxylic acids is 1. The zero-order valence-electron chi connectivity index (χ0n) is 18.7. The van der Waals surface area contributed by atoms with Crippen LogP contribution in [0.25, 0.3) is 11.1 Å². The van der Waals surface area contributed by atoms with Gasteiger partial charge in [0.1, 0.15) is 5.82 Å². The van der Waals surface area contributed by atoms with Crippen molar-refractivity contribution in [2.75, 3.05) is 19.6 Å². The van der Waals surface area contributed by atoms with E-state index in [2.05, 4.69) is 4.90 Å². The summed E-state index contributed by atoms with van der Waals surface area (Å²) in [4.78, 5) is 26.3. The standard InChI is InChI=1S/C26H31FN2O3/c1-19(30)22-8-11-24-25(18-22)32-26(31)29(24)15-3-2-14-28-16-12-21(13-17-28)5-4-20-6-9-23(27)10-7-20/h6-11,18,21H,2-5,12-17H2,1H3. The number of oxazole rings is 1. The molecule has 0 saturated carbocycles. The molecule has 6 heteroatoms. The number of halogens is 1. The molecule has 0 aliphatic carbocycles. The van der Waals surface area contributed by atoms with Gasteiger partial charge in [-0.15, -0.1) is 0 Å². The molecule has 32 heavy (non-hydrogen) atoms. The van der Waals surface area contributed by atoms with Crippen molar-refractivity contribution in [2.24, 2.45) is 5.92 Å². The maximum absolute atomic E-state index is 13.0. The lowest BCUT2D eigenvalue weighted by Gasteiger charge is -2.32. The van der Waals surface area contributed by atoms with Crippen molar-refractivity contribution in [3.63, 3.8) is 0 Å². The molecule has 170 valence electrons. The van der Waals surface area contributed by atoms with Crippen molar-refractivity contribution in [3.8, 4) is 0 Å². The summed E-state index contributed by atoms with van der Waals surface area (Å²) in [7, 11) is 0. The number of aromatic nitrogens is 1. The minimum absolute atomic E-state index is 0.0403. The van der Waals surface area contributed by atoms with Gasteiger partial charge in [-0.1, -0.05) is 12.1 Å². The van der Waals surface area contributed by atoms with Crippen LogP contribution in [0.2, 0.25) is 0 Å². The molecule has 0 bridgehead atoms. The number of rotatable bonds is 9. The molecule has 3 aromatic rings. The summed E-state index contributed by atoms with van der Waals surface area (Å²) in [5.41, 5.74) is 3.00. The third-order valence-electron chi connectivity index (χ3n) is 6.64. The van der Waals surface area contributed by atoms with E-state index in [1.807, 2.05) is 12.1 Å². The smallest absolute Gasteiger partial charge is 0.408 e. The lowest BCUT2D eigenvalue weighted by molar-refractivity contribution is 0.101. The molecule has 0 amide bonds. The molecule has 0 unspecified atom stereocenters. The number of Topliss-reactive ketones (excluding diaryl/α,β-unsaturated/α-hetero) is 1. The molecule has 0 spiro atoms. The zero-order chi connectivity index (χ0) is 22.5. The fraction of sp³-hybridized carbons (Fsp3) is 0.462. The summed E-state index contributed by atoms with van der Waals surface area (Å²) in [6, 6.07) is 12.1. The third-order valence-corrected chi connectivity index (χ3v) is 6.64. The van der Waals surface area contributed by atoms with Crippen molar-refractivity contribution in [1.29, 1.82) is 0 Å². The van der Waals surface area contributed by atoms with E-state index in [1.54, 1.807) is 34.9 Å². The average molecular weight is 439 g/mol. The van der Waals surface area contributed by atoms with Gasteiger partial charge in [-0.3, -0.25) is 9.36 Å². The van der Waals surface area contributed by atoms with Crippen LogP contribution >= 0.6 is 0 Å². The van der Waals surface area contributed by atoms with Crippen LogP contribution < -0.4 is 5.76 Å². The Kier molecular flexibility index (Phi) is 7.20. The van der Waals surface area contributed by atoms with Crippen LogP contribution in [-0.2, 0) is 13.0 Å². The number of hydrogen-bond donors (Lipinski definition) is 0. The summed E-state index contributed by atoms with van der Waals surface area (Å²) >= 11 is 0. The number of unbranched alkanes of at least 4 members (excludes halogenated alkanes) is 1. The summed E-state index contributed by atoms with van der Waals surface area (Å²) in [6.07, 6.45) is 6.56. The van der Waals surface area contributed by atoms with Crippen molar-refractivity contribution in [3.05, 3.63) is 70.0 Å². The Morgan fingerprint density at radius 3 is 2.50 bits per heavy atom. The van der Waals surface area contributed by atoms with E-state index in [-0.39, 0.29) is 17.4 Å². The first-order valence-electron chi connectivity index (χ1n) is 11.6. The van der Waals surface area contributed by atoms with Crippen LogP contribution in [0, 0.1) is 11.7 Å². The van der Waals surface area contributed by atoms with Crippen LogP contribution in [-0.4, -0.2) is 34.9 Å². The van der Waals surface area contributed by atoms with Crippen LogP contribution in [0.3, 0.4) is 0 Å². The Balaban J connectivity index is 1.18. The van der Waals surface area contributed by atoms with Gasteiger partial charge in [0.15, 0.2) is 11.4 Å². The van der Waals surface area contributed by atoms with Gasteiger partial charge in [-0.2, -0.15) is 0 Å². The van der Waals surface area contributed by atoms with Gasteiger partial charge in [0, 0.05) is 12.1 Å². The van der Waals surface area contributed by atoms with Gasteiger partial charge < -0.3 is 9.32 Å². The summed E-state index contributed by atoms with van der Waals surface area (Å²) in [5.74, 6) is 0.172.